The minimum atomic E-state index is -0.249. The molecule has 1 aromatic carbocycles. The van der Waals surface area contributed by atoms with Gasteiger partial charge in [0.25, 0.3) is 5.22 Å². The Morgan fingerprint density at radius 1 is 1.39 bits per heavy atom. The van der Waals surface area contributed by atoms with E-state index in [2.05, 4.69) is 10.3 Å². The second-order valence-electron chi connectivity index (χ2n) is 4.02. The number of nitrogens with one attached hydrogen (secondary N) is 1. The van der Waals surface area contributed by atoms with Crippen molar-refractivity contribution >= 4 is 11.8 Å². The Morgan fingerprint density at radius 2 is 2.17 bits per heavy atom. The molecule has 0 radical (unpaired) electrons. The largest absolute Gasteiger partial charge is 0.436 e. The van der Waals surface area contributed by atoms with Crippen LogP contribution in [0.25, 0.3) is 0 Å². The van der Waals surface area contributed by atoms with Gasteiger partial charge in [0.2, 0.25) is 0 Å². The zero-order valence-corrected chi connectivity index (χ0v) is 11.4. The highest BCUT2D eigenvalue weighted by atomic mass is 32.2. The minimum Gasteiger partial charge on any atom is -0.436 e. The highest BCUT2D eigenvalue weighted by Gasteiger charge is 2.11. The maximum absolute atomic E-state index is 13.8. The van der Waals surface area contributed by atoms with E-state index in [4.69, 9.17) is 4.42 Å². The van der Waals surface area contributed by atoms with E-state index in [0.29, 0.717) is 16.7 Å². The molecule has 0 aliphatic carbocycles. The summed E-state index contributed by atoms with van der Waals surface area (Å²) in [5.74, 6) is 0.519. The van der Waals surface area contributed by atoms with Crippen LogP contribution in [0.4, 0.5) is 4.39 Å². The van der Waals surface area contributed by atoms with Gasteiger partial charge in [0, 0.05) is 6.54 Å². The monoisotopic (exact) mass is 266 g/mol. The van der Waals surface area contributed by atoms with Crippen molar-refractivity contribution in [1.82, 2.24) is 10.3 Å². The average Bonchev–Trinajstić information content (AvgIpc) is 2.62. The molecule has 96 valence electrons. The molecule has 18 heavy (non-hydrogen) atoms. The number of oxazole rings is 1. The zero-order chi connectivity index (χ0) is 13.1. The van der Waals surface area contributed by atoms with Crippen LogP contribution in [0, 0.1) is 19.7 Å². The SMILES string of the molecule is CNCc1ccc(Sc2nc(C)c(C)o2)c(F)c1. The number of aromatic nitrogens is 1. The van der Waals surface area contributed by atoms with Crippen LogP contribution in [-0.2, 0) is 6.54 Å². The van der Waals surface area contributed by atoms with Crippen molar-refractivity contribution in [2.45, 2.75) is 30.5 Å². The molecule has 2 rings (SSSR count). The highest BCUT2D eigenvalue weighted by Crippen LogP contribution is 2.30. The molecule has 1 heterocycles. The minimum absolute atomic E-state index is 0.249. The Bertz CT molecular complexity index is 534. The number of nitrogens with zero attached hydrogens (tertiary/aromatic N) is 1. The molecule has 5 heteroatoms. The van der Waals surface area contributed by atoms with Gasteiger partial charge < -0.3 is 9.73 Å². The molecule has 2 aromatic rings. The Hall–Kier alpha value is -1.33. The molecule has 0 aliphatic rings. The van der Waals surface area contributed by atoms with Crippen molar-refractivity contribution in [1.29, 1.82) is 0 Å². The summed E-state index contributed by atoms with van der Waals surface area (Å²) in [6.45, 7) is 4.37. The predicted octanol–water partition coefficient (Wildman–Crippen LogP) is 3.30. The van der Waals surface area contributed by atoms with E-state index in [1.165, 1.54) is 17.8 Å². The van der Waals surface area contributed by atoms with Crippen LogP contribution in [0.3, 0.4) is 0 Å². The van der Waals surface area contributed by atoms with E-state index in [0.717, 1.165) is 17.0 Å². The molecule has 0 bridgehead atoms. The molecule has 0 saturated carbocycles. The van der Waals surface area contributed by atoms with Gasteiger partial charge in [-0.1, -0.05) is 6.07 Å². The second kappa shape index (κ2) is 5.54. The van der Waals surface area contributed by atoms with Crippen LogP contribution in [0.15, 0.2) is 32.7 Å². The molecule has 0 atom stereocenters. The van der Waals surface area contributed by atoms with E-state index in [1.54, 1.807) is 6.07 Å². The Balaban J connectivity index is 2.19. The lowest BCUT2D eigenvalue weighted by atomic mass is 10.2. The topological polar surface area (TPSA) is 38.1 Å². The zero-order valence-electron chi connectivity index (χ0n) is 10.6. The van der Waals surface area contributed by atoms with Crippen LogP contribution < -0.4 is 5.32 Å². The van der Waals surface area contributed by atoms with Crippen LogP contribution in [0.5, 0.6) is 0 Å². The molecule has 3 nitrogen and oxygen atoms in total. The number of hydrogen-bond donors (Lipinski definition) is 1. The van der Waals surface area contributed by atoms with Gasteiger partial charge in [-0.25, -0.2) is 9.37 Å². The van der Waals surface area contributed by atoms with Gasteiger partial charge in [0.15, 0.2) is 0 Å². The van der Waals surface area contributed by atoms with Gasteiger partial charge >= 0.3 is 0 Å². The van der Waals surface area contributed by atoms with Crippen molar-refractivity contribution in [3.05, 3.63) is 41.0 Å². The molecule has 0 amide bonds. The summed E-state index contributed by atoms with van der Waals surface area (Å²) in [7, 11) is 1.83. The fourth-order valence-corrected chi connectivity index (χ4v) is 2.35. The third-order valence-electron chi connectivity index (χ3n) is 2.58. The second-order valence-corrected chi connectivity index (χ2v) is 5.01. The fraction of sp³-hybridized carbons (Fsp3) is 0.308. The first-order valence-corrected chi connectivity index (χ1v) is 6.46. The number of rotatable bonds is 4. The van der Waals surface area contributed by atoms with Crippen LogP contribution in [0.2, 0.25) is 0 Å². The van der Waals surface area contributed by atoms with Gasteiger partial charge in [-0.15, -0.1) is 0 Å². The molecule has 0 aliphatic heterocycles. The van der Waals surface area contributed by atoms with Crippen LogP contribution in [-0.4, -0.2) is 12.0 Å². The van der Waals surface area contributed by atoms with E-state index in [1.807, 2.05) is 27.0 Å². The van der Waals surface area contributed by atoms with E-state index in [9.17, 15) is 4.39 Å². The lowest BCUT2D eigenvalue weighted by Crippen LogP contribution is -2.05. The van der Waals surface area contributed by atoms with Gasteiger partial charge in [-0.2, -0.15) is 0 Å². The number of halogens is 1. The van der Waals surface area contributed by atoms with Crippen molar-refractivity contribution in [2.75, 3.05) is 7.05 Å². The van der Waals surface area contributed by atoms with E-state index < -0.39 is 0 Å². The molecule has 0 saturated heterocycles. The normalized spacial score (nSPS) is 10.9. The predicted molar refractivity (Wildman–Crippen MR) is 69.3 cm³/mol. The highest BCUT2D eigenvalue weighted by molar-refractivity contribution is 7.99. The summed E-state index contributed by atoms with van der Waals surface area (Å²) in [6, 6.07) is 5.17. The standard InChI is InChI=1S/C13H15FN2OS/c1-8-9(2)17-13(16-8)18-12-5-4-10(7-15-3)6-11(12)14/h4-6,15H,7H2,1-3H3. The lowest BCUT2D eigenvalue weighted by Gasteiger charge is -2.03. The number of aryl methyl sites for hydroxylation is 2. The molecule has 0 spiro atoms. The number of hydrogen-bond acceptors (Lipinski definition) is 4. The van der Waals surface area contributed by atoms with Crippen molar-refractivity contribution in [3.63, 3.8) is 0 Å². The molecule has 0 fully saturated rings. The molecular weight excluding hydrogens is 251 g/mol. The summed E-state index contributed by atoms with van der Waals surface area (Å²) in [4.78, 5) is 4.75. The van der Waals surface area contributed by atoms with Crippen molar-refractivity contribution in [3.8, 4) is 0 Å². The van der Waals surface area contributed by atoms with Gasteiger partial charge in [0.05, 0.1) is 10.6 Å². The summed E-state index contributed by atoms with van der Waals surface area (Å²) in [5.41, 5.74) is 1.75. The first-order valence-electron chi connectivity index (χ1n) is 5.65. The van der Waals surface area contributed by atoms with Gasteiger partial charge in [-0.05, 0) is 50.4 Å². The van der Waals surface area contributed by atoms with Crippen molar-refractivity contribution < 1.29 is 8.81 Å². The molecular formula is C13H15FN2OS. The first-order chi connectivity index (χ1) is 8.60. The molecule has 0 unspecified atom stereocenters. The van der Waals surface area contributed by atoms with Gasteiger partial charge in [0.1, 0.15) is 11.6 Å². The molecule has 1 aromatic heterocycles. The smallest absolute Gasteiger partial charge is 0.261 e. The van der Waals surface area contributed by atoms with E-state index >= 15 is 0 Å². The third kappa shape index (κ3) is 2.91. The van der Waals surface area contributed by atoms with Crippen LogP contribution >= 0.6 is 11.8 Å². The number of benzene rings is 1. The Morgan fingerprint density at radius 3 is 2.72 bits per heavy atom. The van der Waals surface area contributed by atoms with Crippen LogP contribution in [0.1, 0.15) is 17.0 Å². The maximum Gasteiger partial charge on any atom is 0.261 e. The maximum atomic E-state index is 13.8. The Labute approximate surface area is 110 Å². The summed E-state index contributed by atoms with van der Waals surface area (Å²) < 4.78 is 19.3. The fourth-order valence-electron chi connectivity index (χ4n) is 1.52. The summed E-state index contributed by atoms with van der Waals surface area (Å²) >= 11 is 1.20. The summed E-state index contributed by atoms with van der Waals surface area (Å²) in [6.07, 6.45) is 0. The summed E-state index contributed by atoms with van der Waals surface area (Å²) in [5, 5.41) is 3.46. The van der Waals surface area contributed by atoms with Crippen molar-refractivity contribution in [2.24, 2.45) is 0 Å². The average molecular weight is 266 g/mol. The van der Waals surface area contributed by atoms with Gasteiger partial charge in [-0.3, -0.25) is 0 Å². The lowest BCUT2D eigenvalue weighted by molar-refractivity contribution is 0.430. The molecule has 1 N–H and O–H groups in total. The first kappa shape index (κ1) is 13.1. The third-order valence-corrected chi connectivity index (χ3v) is 3.48. The quantitative estimate of drug-likeness (QED) is 0.921. The van der Waals surface area contributed by atoms with E-state index in [-0.39, 0.29) is 5.82 Å². The Kier molecular flexibility index (Phi) is 4.04.